The molecule has 2 heterocycles. The molecule has 0 spiro atoms. The summed E-state index contributed by atoms with van der Waals surface area (Å²) in [5, 5.41) is 11.6. The van der Waals surface area contributed by atoms with Crippen molar-refractivity contribution in [1.82, 2.24) is 9.29 Å². The van der Waals surface area contributed by atoms with E-state index in [0.717, 1.165) is 30.9 Å². The normalized spacial score (nSPS) is 14.4. The van der Waals surface area contributed by atoms with Gasteiger partial charge in [0.25, 0.3) is 5.91 Å². The molecule has 1 aromatic carbocycles. The number of nitrogens with zero attached hydrogens (tertiary/aromatic N) is 2. The maximum atomic E-state index is 13.6. The van der Waals surface area contributed by atoms with Crippen molar-refractivity contribution in [3.05, 3.63) is 52.1 Å². The summed E-state index contributed by atoms with van der Waals surface area (Å²) < 4.78 is 58.9. The Balaban J connectivity index is 1.90. The molecule has 6 nitrogen and oxygen atoms in total. The SMILES string of the molecule is CC(NSc1c(Cl)c(C(=O)Nc2ccc(F)c(C#N)c2)n2c1C=CCCC2)OC(F)(F)F. The van der Waals surface area contributed by atoms with Gasteiger partial charge in [-0.25, -0.2) is 9.11 Å². The second-order valence-corrected chi connectivity index (χ2v) is 7.99. The third-order valence-corrected chi connectivity index (χ3v) is 5.97. The van der Waals surface area contributed by atoms with Gasteiger partial charge < -0.3 is 9.88 Å². The Morgan fingerprint density at radius 2 is 2.16 bits per heavy atom. The minimum Gasteiger partial charge on any atom is -0.335 e. The molecular formula is C20H17ClF4N4O2S. The maximum Gasteiger partial charge on any atom is 0.524 e. The van der Waals surface area contributed by atoms with E-state index in [-0.39, 0.29) is 22.0 Å². The van der Waals surface area contributed by atoms with Gasteiger partial charge in [0.1, 0.15) is 23.8 Å². The van der Waals surface area contributed by atoms with Crippen molar-refractivity contribution in [3.63, 3.8) is 0 Å². The van der Waals surface area contributed by atoms with E-state index < -0.39 is 24.3 Å². The largest absolute Gasteiger partial charge is 0.524 e. The monoisotopic (exact) mass is 488 g/mol. The highest BCUT2D eigenvalue weighted by Crippen LogP contribution is 2.38. The van der Waals surface area contributed by atoms with Gasteiger partial charge in [0.05, 0.1) is 21.2 Å². The van der Waals surface area contributed by atoms with Gasteiger partial charge >= 0.3 is 6.36 Å². The zero-order valence-corrected chi connectivity index (χ0v) is 18.2. The first-order valence-corrected chi connectivity index (χ1v) is 10.6. The summed E-state index contributed by atoms with van der Waals surface area (Å²) in [5.74, 6) is -1.32. The van der Waals surface area contributed by atoms with Gasteiger partial charge in [0, 0.05) is 12.2 Å². The van der Waals surface area contributed by atoms with Crippen LogP contribution in [-0.2, 0) is 11.3 Å². The summed E-state index contributed by atoms with van der Waals surface area (Å²) in [6.07, 6.45) is -1.08. The molecule has 0 fully saturated rings. The van der Waals surface area contributed by atoms with Gasteiger partial charge in [-0.1, -0.05) is 17.7 Å². The van der Waals surface area contributed by atoms with Crippen LogP contribution < -0.4 is 10.0 Å². The molecule has 0 radical (unpaired) electrons. The molecule has 0 aliphatic carbocycles. The van der Waals surface area contributed by atoms with E-state index in [1.165, 1.54) is 19.1 Å². The molecule has 1 aromatic heterocycles. The van der Waals surface area contributed by atoms with Crippen molar-refractivity contribution in [2.24, 2.45) is 0 Å². The van der Waals surface area contributed by atoms with Crippen molar-refractivity contribution < 1.29 is 27.1 Å². The first-order valence-electron chi connectivity index (χ1n) is 9.37. The predicted molar refractivity (Wildman–Crippen MR) is 112 cm³/mol. The molecule has 0 saturated carbocycles. The summed E-state index contributed by atoms with van der Waals surface area (Å²) in [4.78, 5) is 13.4. The van der Waals surface area contributed by atoms with Crippen LogP contribution in [0.4, 0.5) is 23.2 Å². The molecule has 170 valence electrons. The van der Waals surface area contributed by atoms with Gasteiger partial charge in [-0.2, -0.15) is 5.26 Å². The zero-order chi connectivity index (χ0) is 23.5. The summed E-state index contributed by atoms with van der Waals surface area (Å²) >= 11 is 7.30. The van der Waals surface area contributed by atoms with Crippen molar-refractivity contribution >= 4 is 41.2 Å². The highest BCUT2D eigenvalue weighted by Gasteiger charge is 2.33. The third kappa shape index (κ3) is 5.63. The Kier molecular flexibility index (Phi) is 7.51. The van der Waals surface area contributed by atoms with Crippen molar-refractivity contribution in [2.75, 3.05) is 5.32 Å². The number of halogens is 5. The summed E-state index contributed by atoms with van der Waals surface area (Å²) in [5.41, 5.74) is 0.629. The van der Waals surface area contributed by atoms with Crippen LogP contribution in [0.1, 0.15) is 41.5 Å². The van der Waals surface area contributed by atoms with E-state index in [1.54, 1.807) is 16.7 Å². The molecule has 0 bridgehead atoms. The molecular weight excluding hydrogens is 472 g/mol. The lowest BCUT2D eigenvalue weighted by Gasteiger charge is -2.16. The van der Waals surface area contributed by atoms with Crippen molar-refractivity contribution in [3.8, 4) is 6.07 Å². The number of nitriles is 1. The Bertz CT molecular complexity index is 1090. The van der Waals surface area contributed by atoms with Crippen LogP contribution in [-0.4, -0.2) is 23.1 Å². The lowest BCUT2D eigenvalue weighted by atomic mass is 10.2. The first-order chi connectivity index (χ1) is 15.1. The fourth-order valence-corrected chi connectivity index (χ4v) is 4.31. The van der Waals surface area contributed by atoms with E-state index in [0.29, 0.717) is 17.1 Å². The zero-order valence-electron chi connectivity index (χ0n) is 16.6. The molecule has 0 saturated heterocycles. The van der Waals surface area contributed by atoms with Crippen LogP contribution in [0.2, 0.25) is 5.02 Å². The summed E-state index contributed by atoms with van der Waals surface area (Å²) in [6.45, 7) is 1.64. The van der Waals surface area contributed by atoms with Crippen LogP contribution in [0.15, 0.2) is 29.2 Å². The Morgan fingerprint density at radius 3 is 2.84 bits per heavy atom. The van der Waals surface area contributed by atoms with E-state index in [4.69, 9.17) is 16.9 Å². The molecule has 1 amide bonds. The number of rotatable bonds is 6. The molecule has 1 atom stereocenters. The number of aromatic nitrogens is 1. The number of hydrogen-bond acceptors (Lipinski definition) is 5. The highest BCUT2D eigenvalue weighted by molar-refractivity contribution is 7.97. The minimum absolute atomic E-state index is 0.0448. The molecule has 12 heteroatoms. The Labute approximate surface area is 190 Å². The van der Waals surface area contributed by atoms with Gasteiger partial charge in [0.15, 0.2) is 0 Å². The summed E-state index contributed by atoms with van der Waals surface area (Å²) in [6, 6.07) is 5.26. The Hall–Kier alpha value is -2.52. The molecule has 3 rings (SSSR count). The Morgan fingerprint density at radius 1 is 1.41 bits per heavy atom. The van der Waals surface area contributed by atoms with Gasteiger partial charge in [-0.3, -0.25) is 9.53 Å². The number of allylic oxidation sites excluding steroid dienone is 1. The van der Waals surface area contributed by atoms with Crippen LogP contribution in [0, 0.1) is 17.1 Å². The number of anilines is 1. The smallest absolute Gasteiger partial charge is 0.335 e. The van der Waals surface area contributed by atoms with E-state index in [9.17, 15) is 22.4 Å². The molecule has 1 unspecified atom stereocenters. The number of amides is 1. The highest BCUT2D eigenvalue weighted by atomic mass is 35.5. The van der Waals surface area contributed by atoms with Crippen molar-refractivity contribution in [2.45, 2.75) is 43.8 Å². The number of ether oxygens (including phenoxy) is 1. The van der Waals surface area contributed by atoms with E-state index >= 15 is 0 Å². The van der Waals surface area contributed by atoms with Gasteiger partial charge in [-0.05, 0) is 56.0 Å². The third-order valence-electron chi connectivity index (χ3n) is 4.43. The van der Waals surface area contributed by atoms with Crippen LogP contribution in [0.5, 0.6) is 0 Å². The quantitative estimate of drug-likeness (QED) is 0.310. The molecule has 2 aromatic rings. The average Bonchev–Trinajstić information content (AvgIpc) is 2.83. The molecule has 32 heavy (non-hydrogen) atoms. The van der Waals surface area contributed by atoms with Crippen LogP contribution in [0.3, 0.4) is 0 Å². The standard InChI is InChI=1S/C20H17ClF4N4O2S/c1-11(31-20(23,24)25)28-32-18-15-5-3-2-4-8-29(15)17(16(18)21)19(30)27-13-6-7-14(22)12(9-13)10-26/h3,5-7,9,11,28H,2,4,8H2,1H3,(H,27,30). The van der Waals surface area contributed by atoms with E-state index in [1.807, 2.05) is 6.08 Å². The fraction of sp³-hybridized carbons (Fsp3) is 0.300. The minimum atomic E-state index is -4.81. The average molecular weight is 489 g/mol. The van der Waals surface area contributed by atoms with Crippen LogP contribution in [0.25, 0.3) is 6.08 Å². The molecule has 2 N–H and O–H groups in total. The number of alkyl halides is 3. The topological polar surface area (TPSA) is 79.1 Å². The summed E-state index contributed by atoms with van der Waals surface area (Å²) in [7, 11) is 0. The second kappa shape index (κ2) is 9.95. The first kappa shape index (κ1) is 24.1. The van der Waals surface area contributed by atoms with Crippen LogP contribution >= 0.6 is 23.5 Å². The van der Waals surface area contributed by atoms with E-state index in [2.05, 4.69) is 14.8 Å². The number of carbonyl (C=O) groups excluding carboxylic acids is 1. The second-order valence-electron chi connectivity index (χ2n) is 6.76. The predicted octanol–water partition coefficient (Wildman–Crippen LogP) is 5.69. The number of hydrogen-bond donors (Lipinski definition) is 2. The lowest BCUT2D eigenvalue weighted by Crippen LogP contribution is -2.30. The fourth-order valence-electron chi connectivity index (χ4n) is 3.11. The van der Waals surface area contributed by atoms with Gasteiger partial charge in [0.2, 0.25) is 0 Å². The number of fused-ring (bicyclic) bond motifs is 1. The number of carbonyl (C=O) groups is 1. The molecule has 1 aliphatic rings. The lowest BCUT2D eigenvalue weighted by molar-refractivity contribution is -0.341. The van der Waals surface area contributed by atoms with Crippen molar-refractivity contribution in [1.29, 1.82) is 5.26 Å². The molecule has 1 aliphatic heterocycles. The number of benzene rings is 1. The number of nitrogens with one attached hydrogen (secondary N) is 2. The maximum absolute atomic E-state index is 13.6. The van der Waals surface area contributed by atoms with Gasteiger partial charge in [-0.15, -0.1) is 13.2 Å².